The number of rotatable bonds is 5. The summed E-state index contributed by atoms with van der Waals surface area (Å²) >= 11 is 6.17. The largest absolute Gasteiger partial charge is 0.480 e. The fourth-order valence-corrected chi connectivity index (χ4v) is 4.00. The lowest BCUT2D eigenvalue weighted by Crippen LogP contribution is -2.18. The zero-order chi connectivity index (χ0) is 24.7. The number of amides is 1. The van der Waals surface area contributed by atoms with E-state index in [-0.39, 0.29) is 22.9 Å². The summed E-state index contributed by atoms with van der Waals surface area (Å²) in [4.78, 5) is 24.0. The van der Waals surface area contributed by atoms with Crippen molar-refractivity contribution in [2.24, 2.45) is 0 Å². The van der Waals surface area contributed by atoms with Gasteiger partial charge in [-0.05, 0) is 50.7 Å². The molecule has 1 fully saturated rings. The highest BCUT2D eigenvalue weighted by atomic mass is 35.5. The Labute approximate surface area is 204 Å². The summed E-state index contributed by atoms with van der Waals surface area (Å²) in [5.41, 5.74) is 0.168. The van der Waals surface area contributed by atoms with E-state index in [4.69, 9.17) is 29.7 Å². The van der Waals surface area contributed by atoms with Crippen molar-refractivity contribution in [1.29, 1.82) is 0 Å². The monoisotopic (exact) mass is 494 g/mol. The molecule has 3 heterocycles. The number of halogens is 1. The number of furan rings is 2. The highest BCUT2D eigenvalue weighted by Crippen LogP contribution is 2.50. The number of anilines is 1. The van der Waals surface area contributed by atoms with Crippen molar-refractivity contribution in [3.8, 4) is 11.8 Å². The van der Waals surface area contributed by atoms with E-state index < -0.39 is 23.6 Å². The second kappa shape index (κ2) is 8.56. The highest BCUT2D eigenvalue weighted by molar-refractivity contribution is 6.31. The number of benzene rings is 1. The van der Waals surface area contributed by atoms with E-state index >= 15 is 0 Å². The van der Waals surface area contributed by atoms with Gasteiger partial charge in [0.15, 0.2) is 17.2 Å². The number of hydrogen-bond acceptors (Lipinski definition) is 7. The number of hydrogen-bond donors (Lipinski definition) is 2. The molecule has 9 nitrogen and oxygen atoms in total. The zero-order valence-electron chi connectivity index (χ0n) is 18.7. The SMILES string of the molecule is Cc1onc(C#Cc2cc3cc(C4(C(=O)O)CC4)oc3o2)c1NC(=O)OC(C)c1ccccc1Cl. The second-order valence-corrected chi connectivity index (χ2v) is 8.66. The van der Waals surface area contributed by atoms with Crippen molar-refractivity contribution >= 4 is 40.5 Å². The summed E-state index contributed by atoms with van der Waals surface area (Å²) in [6.45, 7) is 3.34. The van der Waals surface area contributed by atoms with Crippen LogP contribution < -0.4 is 5.32 Å². The van der Waals surface area contributed by atoms with Gasteiger partial charge in [-0.15, -0.1) is 0 Å². The molecule has 4 aromatic rings. The van der Waals surface area contributed by atoms with Crippen LogP contribution >= 0.6 is 11.6 Å². The van der Waals surface area contributed by atoms with Crippen molar-refractivity contribution in [2.45, 2.75) is 38.2 Å². The number of aliphatic carboxylic acids is 1. The third-order valence-corrected chi connectivity index (χ3v) is 6.21. The van der Waals surface area contributed by atoms with Gasteiger partial charge >= 0.3 is 12.1 Å². The van der Waals surface area contributed by atoms with Crippen molar-refractivity contribution in [2.75, 3.05) is 5.32 Å². The number of carboxylic acid groups (broad SMARTS) is 1. The molecule has 5 rings (SSSR count). The molecule has 1 aliphatic carbocycles. The number of aromatic nitrogens is 1. The van der Waals surface area contributed by atoms with Crippen LogP contribution in [0.1, 0.15) is 54.4 Å². The minimum absolute atomic E-state index is 0.182. The molecule has 0 spiro atoms. The van der Waals surface area contributed by atoms with Crippen LogP contribution in [0.25, 0.3) is 11.2 Å². The first-order valence-corrected chi connectivity index (χ1v) is 11.1. The number of carboxylic acids is 1. The van der Waals surface area contributed by atoms with Gasteiger partial charge in [-0.1, -0.05) is 35.0 Å². The van der Waals surface area contributed by atoms with Crippen molar-refractivity contribution in [1.82, 2.24) is 5.16 Å². The molecular weight excluding hydrogens is 476 g/mol. The number of nitrogens with one attached hydrogen (secondary N) is 1. The smallest absolute Gasteiger partial charge is 0.412 e. The Bertz CT molecular complexity index is 1480. The van der Waals surface area contributed by atoms with Gasteiger partial charge in [0.05, 0.1) is 5.39 Å². The summed E-state index contributed by atoms with van der Waals surface area (Å²) in [5, 5.41) is 17.0. The molecule has 3 aromatic heterocycles. The molecule has 1 unspecified atom stereocenters. The summed E-state index contributed by atoms with van der Waals surface area (Å²) in [7, 11) is 0. The van der Waals surface area contributed by atoms with E-state index in [9.17, 15) is 14.7 Å². The molecule has 1 saturated carbocycles. The van der Waals surface area contributed by atoms with Gasteiger partial charge in [-0.25, -0.2) is 4.79 Å². The van der Waals surface area contributed by atoms with E-state index in [1.807, 2.05) is 0 Å². The summed E-state index contributed by atoms with van der Waals surface area (Å²) in [5.74, 6) is 5.91. The summed E-state index contributed by atoms with van der Waals surface area (Å²) < 4.78 is 21.8. The van der Waals surface area contributed by atoms with Crippen LogP contribution in [-0.4, -0.2) is 22.3 Å². The third kappa shape index (κ3) is 4.24. The molecule has 0 bridgehead atoms. The molecule has 35 heavy (non-hydrogen) atoms. The maximum absolute atomic E-state index is 12.5. The Morgan fingerprint density at radius 2 is 2.00 bits per heavy atom. The van der Waals surface area contributed by atoms with Crippen LogP contribution in [0.3, 0.4) is 0 Å². The van der Waals surface area contributed by atoms with Gasteiger partial charge in [-0.3, -0.25) is 10.1 Å². The topological polar surface area (TPSA) is 128 Å². The minimum Gasteiger partial charge on any atom is -0.480 e. The Morgan fingerprint density at radius 3 is 2.69 bits per heavy atom. The van der Waals surface area contributed by atoms with Crippen LogP contribution in [-0.2, 0) is 14.9 Å². The maximum atomic E-state index is 12.5. The standard InChI is InChI=1S/C25H19ClN2O7/c1-13(17-5-3-4-6-18(17)26)32-24(31)27-21-14(2)35-28-19(21)8-7-16-11-15-12-20(34-22(15)33-16)25(9-10-25)23(29)30/h3-6,11-13H,9-10H2,1-2H3,(H,27,31)(H,29,30). The number of carbonyl (C=O) groups is 2. The molecule has 1 amide bonds. The van der Waals surface area contributed by atoms with Crippen LogP contribution in [0.4, 0.5) is 10.5 Å². The Kier molecular flexibility index (Phi) is 5.53. The van der Waals surface area contributed by atoms with Gasteiger partial charge in [0, 0.05) is 16.7 Å². The quantitative estimate of drug-likeness (QED) is 0.333. The molecule has 2 N–H and O–H groups in total. The van der Waals surface area contributed by atoms with E-state index in [1.54, 1.807) is 50.2 Å². The summed E-state index contributed by atoms with van der Waals surface area (Å²) in [6, 6.07) is 10.4. The molecule has 0 aliphatic heterocycles. The fraction of sp³-hybridized carbons (Fsp3) is 0.240. The van der Waals surface area contributed by atoms with Crippen molar-refractivity contribution in [3.63, 3.8) is 0 Å². The molecule has 1 aromatic carbocycles. The normalized spacial score (nSPS) is 14.7. The lowest BCUT2D eigenvalue weighted by atomic mass is 10.0. The molecule has 0 saturated heterocycles. The number of carbonyl (C=O) groups excluding carboxylic acids is 1. The first-order valence-electron chi connectivity index (χ1n) is 10.7. The van der Waals surface area contributed by atoms with Gasteiger partial charge in [0.1, 0.15) is 23.0 Å². The molecule has 178 valence electrons. The molecule has 1 atom stereocenters. The molecule has 1 aliphatic rings. The Balaban J connectivity index is 1.30. The van der Waals surface area contributed by atoms with Crippen LogP contribution in [0.5, 0.6) is 0 Å². The Hall–Kier alpha value is -4.16. The van der Waals surface area contributed by atoms with E-state index in [2.05, 4.69) is 22.3 Å². The number of aryl methyl sites for hydroxylation is 1. The third-order valence-electron chi connectivity index (χ3n) is 5.87. The highest BCUT2D eigenvalue weighted by Gasteiger charge is 2.54. The minimum atomic E-state index is -0.954. The molecule has 10 heteroatoms. The van der Waals surface area contributed by atoms with E-state index in [1.165, 1.54) is 0 Å². The number of ether oxygens (including phenoxy) is 1. The number of fused-ring (bicyclic) bond motifs is 1. The molecule has 0 radical (unpaired) electrons. The van der Waals surface area contributed by atoms with Gasteiger partial charge in [0.25, 0.3) is 5.78 Å². The van der Waals surface area contributed by atoms with Crippen molar-refractivity contribution < 1.29 is 32.8 Å². The Morgan fingerprint density at radius 1 is 1.23 bits per heavy atom. The average Bonchev–Trinajstić information content (AvgIpc) is 3.25. The fourth-order valence-electron chi connectivity index (χ4n) is 3.71. The first kappa shape index (κ1) is 22.6. The lowest BCUT2D eigenvalue weighted by Gasteiger charge is -2.15. The molecular formula is C25H19ClN2O7. The zero-order valence-corrected chi connectivity index (χ0v) is 19.4. The summed E-state index contributed by atoms with van der Waals surface area (Å²) in [6.07, 6.45) is -0.238. The van der Waals surface area contributed by atoms with Crippen LogP contribution in [0, 0.1) is 18.8 Å². The maximum Gasteiger partial charge on any atom is 0.412 e. The second-order valence-electron chi connectivity index (χ2n) is 8.26. The predicted molar refractivity (Wildman–Crippen MR) is 124 cm³/mol. The number of nitrogens with zero attached hydrogens (tertiary/aromatic N) is 1. The average molecular weight is 495 g/mol. The van der Waals surface area contributed by atoms with E-state index in [0.717, 1.165) is 0 Å². The van der Waals surface area contributed by atoms with Crippen LogP contribution in [0.15, 0.2) is 49.8 Å². The van der Waals surface area contributed by atoms with Crippen molar-refractivity contribution in [3.05, 3.63) is 70.0 Å². The van der Waals surface area contributed by atoms with Gasteiger partial charge in [-0.2, -0.15) is 0 Å². The van der Waals surface area contributed by atoms with Gasteiger partial charge in [0.2, 0.25) is 0 Å². The lowest BCUT2D eigenvalue weighted by molar-refractivity contribution is -0.140. The first-order chi connectivity index (χ1) is 16.8. The van der Waals surface area contributed by atoms with Crippen LogP contribution in [0.2, 0.25) is 5.02 Å². The predicted octanol–water partition coefficient (Wildman–Crippen LogP) is 5.80. The van der Waals surface area contributed by atoms with Gasteiger partial charge < -0.3 is 23.2 Å². The van der Waals surface area contributed by atoms with E-state index in [0.29, 0.717) is 40.3 Å².